The number of carbonyl (C=O) groups is 2. The van der Waals surface area contributed by atoms with E-state index in [2.05, 4.69) is 11.4 Å². The van der Waals surface area contributed by atoms with E-state index in [1.807, 2.05) is 35.7 Å². The van der Waals surface area contributed by atoms with Crippen molar-refractivity contribution < 1.29 is 9.59 Å². The quantitative estimate of drug-likeness (QED) is 0.802. The first-order valence-corrected chi connectivity index (χ1v) is 9.70. The van der Waals surface area contributed by atoms with Gasteiger partial charge in [-0.05, 0) is 35.9 Å². The van der Waals surface area contributed by atoms with Crippen LogP contribution in [0.1, 0.15) is 29.7 Å². The molecule has 132 valence electrons. The summed E-state index contributed by atoms with van der Waals surface area (Å²) in [6.45, 7) is 1.03. The topological polar surface area (TPSA) is 49.4 Å². The molecule has 2 amide bonds. The maximum atomic E-state index is 12.2. The maximum Gasteiger partial charge on any atom is 0.225 e. The molecule has 4 nitrogen and oxygen atoms in total. The Morgan fingerprint density at radius 2 is 2.12 bits per heavy atom. The number of nitrogens with one attached hydrogen (secondary N) is 1. The van der Waals surface area contributed by atoms with Crippen molar-refractivity contribution in [1.29, 1.82) is 0 Å². The van der Waals surface area contributed by atoms with Crippen molar-refractivity contribution in [3.8, 4) is 0 Å². The average molecular weight is 377 g/mol. The lowest BCUT2D eigenvalue weighted by Gasteiger charge is -2.18. The summed E-state index contributed by atoms with van der Waals surface area (Å²) in [4.78, 5) is 27.3. The minimum Gasteiger partial charge on any atom is -0.351 e. The summed E-state index contributed by atoms with van der Waals surface area (Å²) in [5.74, 6) is 0.0813. The number of hydrogen-bond donors (Lipinski definition) is 1. The molecule has 1 saturated heterocycles. The van der Waals surface area contributed by atoms with Crippen LogP contribution >= 0.6 is 22.9 Å². The van der Waals surface area contributed by atoms with E-state index in [-0.39, 0.29) is 17.9 Å². The van der Waals surface area contributed by atoms with Gasteiger partial charge in [0.05, 0.1) is 6.04 Å². The standard InChI is InChI=1S/C19H21ClN2O2S/c20-17-8-2-1-5-14(17)12-22-13-15(11-19(22)24)21-18(23)9-3-6-16-7-4-10-25-16/h1-2,4-5,7-8,10,15H,3,6,9,11-13H2,(H,21,23)/t15-/m0/s1. The van der Waals surface area contributed by atoms with E-state index in [1.165, 1.54) is 4.88 Å². The molecule has 0 radical (unpaired) electrons. The largest absolute Gasteiger partial charge is 0.351 e. The smallest absolute Gasteiger partial charge is 0.225 e. The maximum absolute atomic E-state index is 12.2. The van der Waals surface area contributed by atoms with E-state index < -0.39 is 0 Å². The van der Waals surface area contributed by atoms with E-state index in [9.17, 15) is 9.59 Å². The Balaban J connectivity index is 1.44. The minimum absolute atomic E-state index is 0.0222. The second kappa shape index (κ2) is 8.50. The van der Waals surface area contributed by atoms with Gasteiger partial charge in [-0.25, -0.2) is 0 Å². The van der Waals surface area contributed by atoms with Gasteiger partial charge in [-0.1, -0.05) is 35.9 Å². The number of benzene rings is 1. The molecule has 1 fully saturated rings. The highest BCUT2D eigenvalue weighted by atomic mass is 35.5. The molecule has 2 aromatic rings. The van der Waals surface area contributed by atoms with E-state index >= 15 is 0 Å². The van der Waals surface area contributed by atoms with Crippen LogP contribution < -0.4 is 5.32 Å². The van der Waals surface area contributed by atoms with Crippen LogP contribution in [-0.2, 0) is 22.6 Å². The first-order chi connectivity index (χ1) is 12.1. The fourth-order valence-electron chi connectivity index (χ4n) is 3.03. The van der Waals surface area contributed by atoms with Gasteiger partial charge in [0.25, 0.3) is 0 Å². The number of nitrogens with zero attached hydrogens (tertiary/aromatic N) is 1. The van der Waals surface area contributed by atoms with Crippen LogP contribution in [-0.4, -0.2) is 29.3 Å². The Kier molecular flexibility index (Phi) is 6.10. The molecule has 1 aliphatic heterocycles. The zero-order chi connectivity index (χ0) is 17.6. The van der Waals surface area contributed by atoms with Crippen LogP contribution in [0.15, 0.2) is 41.8 Å². The lowest BCUT2D eigenvalue weighted by molar-refractivity contribution is -0.128. The second-order valence-electron chi connectivity index (χ2n) is 6.27. The van der Waals surface area contributed by atoms with Gasteiger partial charge in [0.1, 0.15) is 0 Å². The lowest BCUT2D eigenvalue weighted by atomic mass is 10.2. The number of aryl methyl sites for hydroxylation is 1. The molecule has 1 N–H and O–H groups in total. The molecule has 25 heavy (non-hydrogen) atoms. The van der Waals surface area contributed by atoms with Crippen LogP contribution in [0.25, 0.3) is 0 Å². The van der Waals surface area contributed by atoms with E-state index in [4.69, 9.17) is 11.6 Å². The molecule has 1 aliphatic rings. The molecular formula is C19H21ClN2O2S. The summed E-state index contributed by atoms with van der Waals surface area (Å²) in [6.07, 6.45) is 2.61. The first-order valence-electron chi connectivity index (χ1n) is 8.45. The SMILES string of the molecule is O=C(CCCc1cccs1)N[C@H]1CC(=O)N(Cc2ccccc2Cl)C1. The fraction of sp³-hybridized carbons (Fsp3) is 0.368. The zero-order valence-electron chi connectivity index (χ0n) is 13.9. The van der Waals surface area contributed by atoms with Crippen molar-refractivity contribution in [3.63, 3.8) is 0 Å². The third kappa shape index (κ3) is 5.06. The molecule has 1 aromatic carbocycles. The third-order valence-electron chi connectivity index (χ3n) is 4.31. The van der Waals surface area contributed by atoms with Crippen molar-refractivity contribution >= 4 is 34.8 Å². The van der Waals surface area contributed by atoms with Gasteiger partial charge in [0, 0.05) is 35.8 Å². The summed E-state index contributed by atoms with van der Waals surface area (Å²) < 4.78 is 0. The summed E-state index contributed by atoms with van der Waals surface area (Å²) >= 11 is 7.88. The van der Waals surface area contributed by atoms with Crippen molar-refractivity contribution in [2.24, 2.45) is 0 Å². The fourth-order valence-corrected chi connectivity index (χ4v) is 3.98. The van der Waals surface area contributed by atoms with Gasteiger partial charge < -0.3 is 10.2 Å². The van der Waals surface area contributed by atoms with Gasteiger partial charge in [0.2, 0.25) is 11.8 Å². The lowest BCUT2D eigenvalue weighted by Crippen LogP contribution is -2.36. The number of carbonyl (C=O) groups excluding carboxylic acids is 2. The minimum atomic E-state index is -0.107. The zero-order valence-corrected chi connectivity index (χ0v) is 15.5. The second-order valence-corrected chi connectivity index (χ2v) is 7.71. The predicted octanol–water partition coefficient (Wildman–Crippen LogP) is 3.64. The Bertz CT molecular complexity index is 733. The van der Waals surface area contributed by atoms with Gasteiger partial charge in [-0.3, -0.25) is 9.59 Å². The number of amides is 2. The number of halogens is 1. The van der Waals surface area contributed by atoms with Crippen molar-refractivity contribution in [2.45, 2.75) is 38.3 Å². The first kappa shape index (κ1) is 18.0. The Morgan fingerprint density at radius 1 is 1.28 bits per heavy atom. The average Bonchev–Trinajstić information content (AvgIpc) is 3.20. The Morgan fingerprint density at radius 3 is 2.88 bits per heavy atom. The predicted molar refractivity (Wildman–Crippen MR) is 101 cm³/mol. The van der Waals surface area contributed by atoms with E-state index in [1.54, 1.807) is 16.2 Å². The van der Waals surface area contributed by atoms with Gasteiger partial charge in [0.15, 0.2) is 0 Å². The van der Waals surface area contributed by atoms with Crippen LogP contribution in [0.5, 0.6) is 0 Å². The van der Waals surface area contributed by atoms with E-state index in [0.717, 1.165) is 18.4 Å². The molecular weight excluding hydrogens is 356 g/mol. The third-order valence-corrected chi connectivity index (χ3v) is 5.61. The summed E-state index contributed by atoms with van der Waals surface area (Å²) in [6, 6.07) is 11.5. The van der Waals surface area contributed by atoms with Crippen molar-refractivity contribution in [3.05, 3.63) is 57.2 Å². The molecule has 0 saturated carbocycles. The number of hydrogen-bond acceptors (Lipinski definition) is 3. The summed E-state index contributed by atoms with van der Waals surface area (Å²) in [5, 5.41) is 5.70. The highest BCUT2D eigenvalue weighted by Crippen LogP contribution is 2.21. The molecule has 0 unspecified atom stereocenters. The molecule has 0 bridgehead atoms. The highest BCUT2D eigenvalue weighted by molar-refractivity contribution is 7.09. The van der Waals surface area contributed by atoms with Crippen LogP contribution in [0.4, 0.5) is 0 Å². The molecule has 1 atom stereocenters. The molecule has 2 heterocycles. The van der Waals surface area contributed by atoms with Crippen molar-refractivity contribution in [2.75, 3.05) is 6.54 Å². The number of thiophene rings is 1. The molecule has 3 rings (SSSR count). The number of likely N-dealkylation sites (tertiary alicyclic amines) is 1. The summed E-state index contributed by atoms with van der Waals surface area (Å²) in [5.41, 5.74) is 0.931. The van der Waals surface area contributed by atoms with Gasteiger partial charge in [-0.15, -0.1) is 11.3 Å². The Labute approximate surface area is 156 Å². The molecule has 6 heteroatoms. The monoisotopic (exact) mass is 376 g/mol. The van der Waals surface area contributed by atoms with Crippen molar-refractivity contribution in [1.82, 2.24) is 10.2 Å². The van der Waals surface area contributed by atoms with Gasteiger partial charge >= 0.3 is 0 Å². The summed E-state index contributed by atoms with van der Waals surface area (Å²) in [7, 11) is 0. The molecule has 0 aliphatic carbocycles. The normalized spacial score (nSPS) is 17.1. The molecule has 1 aromatic heterocycles. The van der Waals surface area contributed by atoms with Crippen LogP contribution in [0.2, 0.25) is 5.02 Å². The van der Waals surface area contributed by atoms with Gasteiger partial charge in [-0.2, -0.15) is 0 Å². The van der Waals surface area contributed by atoms with E-state index in [0.29, 0.717) is 31.0 Å². The number of rotatable bonds is 7. The highest BCUT2D eigenvalue weighted by Gasteiger charge is 2.30. The van der Waals surface area contributed by atoms with Crippen LogP contribution in [0, 0.1) is 0 Å². The molecule has 0 spiro atoms. The Hall–Kier alpha value is -1.85. The van der Waals surface area contributed by atoms with Crippen LogP contribution in [0.3, 0.4) is 0 Å².